The third-order valence-electron chi connectivity index (χ3n) is 14.2. The molecule has 0 bridgehead atoms. The second-order valence-electron chi connectivity index (χ2n) is 17.9. The van der Waals surface area contributed by atoms with Crippen molar-refractivity contribution < 1.29 is 0 Å². The highest BCUT2D eigenvalue weighted by atomic mass is 15.3. The molecule has 2 aromatic heterocycles. The van der Waals surface area contributed by atoms with Crippen LogP contribution in [0.5, 0.6) is 0 Å². The fourth-order valence-corrected chi connectivity index (χ4v) is 11.1. The van der Waals surface area contributed by atoms with Gasteiger partial charge in [-0.2, -0.15) is 0 Å². The van der Waals surface area contributed by atoms with E-state index < -0.39 is 0 Å². The molecule has 304 valence electrons. The molecule has 0 radical (unpaired) electrons. The molecule has 62 heavy (non-hydrogen) atoms. The van der Waals surface area contributed by atoms with Crippen LogP contribution < -0.4 is 10.2 Å². The average molecular weight is 805 g/mol. The Morgan fingerprint density at radius 3 is 2.39 bits per heavy atom. The van der Waals surface area contributed by atoms with E-state index >= 15 is 0 Å². The molecule has 0 saturated carbocycles. The number of fused-ring (bicyclic) bond motifs is 6. The monoisotopic (exact) mass is 804 g/mol. The molecule has 0 fully saturated rings. The lowest BCUT2D eigenvalue weighted by molar-refractivity contribution is 0.639. The van der Waals surface area contributed by atoms with Crippen molar-refractivity contribution in [3.05, 3.63) is 214 Å². The van der Waals surface area contributed by atoms with E-state index in [0.717, 1.165) is 37.8 Å². The van der Waals surface area contributed by atoms with E-state index in [0.29, 0.717) is 5.92 Å². The molecule has 3 atom stereocenters. The van der Waals surface area contributed by atoms with E-state index in [-0.39, 0.29) is 12.1 Å². The predicted octanol–water partition coefficient (Wildman–Crippen LogP) is 14.1. The number of nitrogens with zero attached hydrogens (tertiary/aromatic N) is 3. The minimum Gasteiger partial charge on any atom is -0.361 e. The van der Waals surface area contributed by atoms with E-state index in [1.807, 2.05) is 0 Å². The first kappa shape index (κ1) is 37.1. The highest BCUT2D eigenvalue weighted by molar-refractivity contribution is 5.94. The van der Waals surface area contributed by atoms with E-state index in [1.165, 1.54) is 122 Å². The lowest BCUT2D eigenvalue weighted by atomic mass is 9.84. The van der Waals surface area contributed by atoms with Crippen LogP contribution in [0.2, 0.25) is 0 Å². The number of para-hydroxylation sites is 1. The molecule has 4 heteroatoms. The van der Waals surface area contributed by atoms with Gasteiger partial charge in [0.2, 0.25) is 0 Å². The molecule has 0 amide bonds. The van der Waals surface area contributed by atoms with Crippen LogP contribution in [0, 0.1) is 0 Å². The summed E-state index contributed by atoms with van der Waals surface area (Å²) in [7, 11) is 0. The standard InChI is InChI=1S/C58H52N4/c1-5-17-39(18-6-1)45-35-51(40-19-7-2-8-20-40)60-58(36-45)62-55-28-16-14-26-48(55)50-34-44(30-32-57(50)62)43-29-31-56-49(33-43)47-25-13-15-27-54(47)61(56)46-37-52(41-21-9-3-10-22-41)59-53(38-46)42-23-11-4-12-24-42/h1-2,5-9,14-21,23,26-33,35-38,41,50,58,60H,3-4,10-13,22,24-25,34H2. The third-order valence-corrected chi connectivity index (χ3v) is 14.2. The van der Waals surface area contributed by atoms with Gasteiger partial charge in [0.15, 0.2) is 0 Å². The lowest BCUT2D eigenvalue weighted by Crippen LogP contribution is -2.44. The van der Waals surface area contributed by atoms with Crippen LogP contribution in [-0.2, 0) is 6.42 Å². The first-order chi connectivity index (χ1) is 30.7. The van der Waals surface area contributed by atoms with Crippen molar-refractivity contribution in [2.24, 2.45) is 0 Å². The fraction of sp³-hybridized carbons (Fsp3) is 0.224. The molecule has 2 aliphatic heterocycles. The van der Waals surface area contributed by atoms with Crippen LogP contribution in [-0.4, -0.2) is 15.7 Å². The van der Waals surface area contributed by atoms with Gasteiger partial charge in [-0.05, 0) is 163 Å². The van der Waals surface area contributed by atoms with E-state index in [1.54, 1.807) is 0 Å². The average Bonchev–Trinajstić information content (AvgIpc) is 3.87. The molecule has 3 unspecified atom stereocenters. The number of anilines is 1. The van der Waals surface area contributed by atoms with Gasteiger partial charge in [0.1, 0.15) is 6.17 Å². The van der Waals surface area contributed by atoms with Crippen LogP contribution in [0.25, 0.3) is 45.1 Å². The van der Waals surface area contributed by atoms with Crippen molar-refractivity contribution in [3.8, 4) is 5.69 Å². The predicted molar refractivity (Wildman–Crippen MR) is 259 cm³/mol. The molecule has 4 heterocycles. The Kier molecular flexibility index (Phi) is 9.39. The van der Waals surface area contributed by atoms with Gasteiger partial charge >= 0.3 is 0 Å². The van der Waals surface area contributed by atoms with E-state index in [9.17, 15) is 0 Å². The number of rotatable bonds is 7. The Balaban J connectivity index is 0.939. The first-order valence-corrected chi connectivity index (χ1v) is 23.1. The van der Waals surface area contributed by atoms with Gasteiger partial charge < -0.3 is 14.8 Å². The van der Waals surface area contributed by atoms with Crippen molar-refractivity contribution in [2.45, 2.75) is 82.2 Å². The van der Waals surface area contributed by atoms with Crippen molar-refractivity contribution in [1.82, 2.24) is 14.9 Å². The number of aryl methyl sites for hydroxylation is 1. The molecule has 0 spiro atoms. The van der Waals surface area contributed by atoms with Gasteiger partial charge in [0.05, 0.1) is 16.9 Å². The van der Waals surface area contributed by atoms with E-state index in [4.69, 9.17) is 4.98 Å². The molecule has 4 aliphatic carbocycles. The zero-order valence-corrected chi connectivity index (χ0v) is 35.3. The number of dihydropyridines is 1. The van der Waals surface area contributed by atoms with Gasteiger partial charge in [-0.15, -0.1) is 0 Å². The van der Waals surface area contributed by atoms with Gasteiger partial charge in [-0.1, -0.05) is 115 Å². The van der Waals surface area contributed by atoms with Gasteiger partial charge in [-0.3, -0.25) is 4.98 Å². The summed E-state index contributed by atoms with van der Waals surface area (Å²) in [6, 6.07) is 42.7. The highest BCUT2D eigenvalue weighted by Crippen LogP contribution is 2.51. The topological polar surface area (TPSA) is 33.1 Å². The maximum Gasteiger partial charge on any atom is 0.124 e. The summed E-state index contributed by atoms with van der Waals surface area (Å²) in [5, 5.41) is 5.35. The van der Waals surface area contributed by atoms with Crippen LogP contribution in [0.4, 0.5) is 5.69 Å². The Morgan fingerprint density at radius 2 is 1.55 bits per heavy atom. The maximum atomic E-state index is 5.39. The maximum absolute atomic E-state index is 5.39. The molecular formula is C58H52N4. The molecule has 1 N–H and O–H groups in total. The van der Waals surface area contributed by atoms with Crippen molar-refractivity contribution in [1.29, 1.82) is 0 Å². The van der Waals surface area contributed by atoms with Crippen LogP contribution in [0.1, 0.15) is 115 Å². The Labute approximate surface area is 365 Å². The van der Waals surface area contributed by atoms with Gasteiger partial charge in [0.25, 0.3) is 0 Å². The summed E-state index contributed by atoms with van der Waals surface area (Å²) in [5.74, 6) is 0.638. The van der Waals surface area contributed by atoms with Gasteiger partial charge in [-0.25, -0.2) is 0 Å². The van der Waals surface area contributed by atoms with Crippen molar-refractivity contribution in [3.63, 3.8) is 0 Å². The van der Waals surface area contributed by atoms with Crippen LogP contribution in [0.15, 0.2) is 170 Å². The number of pyridine rings is 1. The smallest absolute Gasteiger partial charge is 0.124 e. The second-order valence-corrected chi connectivity index (χ2v) is 17.9. The van der Waals surface area contributed by atoms with Gasteiger partial charge in [0, 0.05) is 45.7 Å². The highest BCUT2D eigenvalue weighted by Gasteiger charge is 2.39. The Hall–Kier alpha value is -6.65. The number of nitrogens with one attached hydrogen (secondary N) is 1. The zero-order valence-electron chi connectivity index (χ0n) is 35.3. The summed E-state index contributed by atoms with van der Waals surface area (Å²) in [6.45, 7) is 0. The number of allylic oxidation sites excluding steroid dienone is 11. The summed E-state index contributed by atoms with van der Waals surface area (Å²) >= 11 is 0. The minimum atomic E-state index is -0.0498. The molecule has 6 aliphatic rings. The Morgan fingerprint density at radius 1 is 0.694 bits per heavy atom. The molecule has 4 nitrogen and oxygen atoms in total. The molecule has 0 saturated heterocycles. The normalized spacial score (nSPS) is 21.5. The third kappa shape index (κ3) is 6.55. The Bertz CT molecular complexity index is 2950. The quantitative estimate of drug-likeness (QED) is 0.163. The summed E-state index contributed by atoms with van der Waals surface area (Å²) < 4.78 is 2.56. The lowest BCUT2D eigenvalue weighted by Gasteiger charge is -2.36. The molecule has 4 aromatic carbocycles. The number of aromatic nitrogens is 2. The van der Waals surface area contributed by atoms with Crippen LogP contribution in [0.3, 0.4) is 0 Å². The van der Waals surface area contributed by atoms with E-state index in [2.05, 4.69) is 185 Å². The van der Waals surface area contributed by atoms with Crippen molar-refractivity contribution >= 4 is 45.1 Å². The van der Waals surface area contributed by atoms with Crippen molar-refractivity contribution in [2.75, 3.05) is 4.90 Å². The number of hydrogen-bond acceptors (Lipinski definition) is 3. The number of benzene rings is 4. The number of hydrogen-bond donors (Lipinski definition) is 1. The largest absolute Gasteiger partial charge is 0.361 e. The molecule has 12 rings (SSSR count). The summed E-state index contributed by atoms with van der Waals surface area (Å²) in [5.41, 5.74) is 20.7. The molecular weight excluding hydrogens is 753 g/mol. The first-order valence-electron chi connectivity index (χ1n) is 23.1. The SMILES string of the molecule is C1=CC(c2cc(-n3c4c(c5cc(C6=CC=C7C(C6)c6ccccc6N7C6C=C(c7ccccc7)C=C(c7ccccc7)N6)ccc53)CCC=C4)cc(C3=CCCCC3)n2)CCC1. The van der Waals surface area contributed by atoms with Crippen LogP contribution >= 0.6 is 0 Å². The molecule has 6 aromatic rings. The second kappa shape index (κ2) is 15.7. The summed E-state index contributed by atoms with van der Waals surface area (Å²) in [4.78, 5) is 7.95. The zero-order chi connectivity index (χ0) is 41.0. The summed E-state index contributed by atoms with van der Waals surface area (Å²) in [6.07, 6.45) is 32.9. The fourth-order valence-electron chi connectivity index (χ4n) is 11.1. The minimum absolute atomic E-state index is 0.0498.